The van der Waals surface area contributed by atoms with Gasteiger partial charge in [0.1, 0.15) is 17.4 Å². The number of hydrogen-bond acceptors (Lipinski definition) is 3. The zero-order valence-electron chi connectivity index (χ0n) is 15.2. The highest BCUT2D eigenvalue weighted by Gasteiger charge is 2.12. The summed E-state index contributed by atoms with van der Waals surface area (Å²) >= 11 is 3.46. The van der Waals surface area contributed by atoms with Crippen molar-refractivity contribution < 1.29 is 9.53 Å². The SMILES string of the molecule is CCOc1cccc(NC(=O)/C(C#N)=C\c2cccn2-c2cccc(Br)c2)c1. The minimum Gasteiger partial charge on any atom is -0.494 e. The average molecular weight is 436 g/mol. The first-order valence-corrected chi connectivity index (χ1v) is 9.49. The minimum atomic E-state index is -0.474. The van der Waals surface area contributed by atoms with Gasteiger partial charge in [0.05, 0.1) is 6.61 Å². The van der Waals surface area contributed by atoms with Gasteiger partial charge in [-0.15, -0.1) is 0 Å². The second-order valence-electron chi connectivity index (χ2n) is 5.87. The molecule has 0 unspecified atom stereocenters. The van der Waals surface area contributed by atoms with Gasteiger partial charge in [-0.3, -0.25) is 4.79 Å². The maximum absolute atomic E-state index is 12.6. The van der Waals surface area contributed by atoms with Gasteiger partial charge in [-0.05, 0) is 55.5 Å². The van der Waals surface area contributed by atoms with E-state index in [1.165, 1.54) is 0 Å². The number of carbonyl (C=O) groups is 1. The molecule has 5 nitrogen and oxygen atoms in total. The summed E-state index contributed by atoms with van der Waals surface area (Å²) in [6.07, 6.45) is 3.45. The Morgan fingerprint density at radius 1 is 1.21 bits per heavy atom. The van der Waals surface area contributed by atoms with Crippen molar-refractivity contribution >= 4 is 33.6 Å². The number of benzene rings is 2. The van der Waals surface area contributed by atoms with E-state index in [1.54, 1.807) is 24.3 Å². The van der Waals surface area contributed by atoms with Crippen LogP contribution in [-0.4, -0.2) is 17.1 Å². The number of ether oxygens (including phenoxy) is 1. The van der Waals surface area contributed by atoms with E-state index >= 15 is 0 Å². The Bertz CT molecular complexity index is 1060. The van der Waals surface area contributed by atoms with Crippen molar-refractivity contribution in [1.82, 2.24) is 4.57 Å². The molecule has 0 aliphatic rings. The van der Waals surface area contributed by atoms with E-state index < -0.39 is 5.91 Å². The molecular weight excluding hydrogens is 418 g/mol. The number of nitrogens with one attached hydrogen (secondary N) is 1. The molecule has 0 bridgehead atoms. The van der Waals surface area contributed by atoms with E-state index in [0.29, 0.717) is 18.0 Å². The van der Waals surface area contributed by atoms with Crippen LogP contribution in [0.5, 0.6) is 5.75 Å². The van der Waals surface area contributed by atoms with Gasteiger partial charge in [0.15, 0.2) is 0 Å². The molecule has 1 heterocycles. The minimum absolute atomic E-state index is 0.0109. The Morgan fingerprint density at radius 2 is 2.04 bits per heavy atom. The summed E-state index contributed by atoms with van der Waals surface area (Å²) in [6, 6.07) is 20.5. The average Bonchev–Trinajstić information content (AvgIpc) is 3.15. The summed E-state index contributed by atoms with van der Waals surface area (Å²) in [5.74, 6) is 0.185. The predicted octanol–water partition coefficient (Wildman–Crippen LogP) is 5.18. The summed E-state index contributed by atoms with van der Waals surface area (Å²) in [4.78, 5) is 12.6. The zero-order chi connectivity index (χ0) is 19.9. The third-order valence-electron chi connectivity index (χ3n) is 3.93. The highest BCUT2D eigenvalue weighted by molar-refractivity contribution is 9.10. The largest absolute Gasteiger partial charge is 0.494 e. The second-order valence-corrected chi connectivity index (χ2v) is 6.78. The lowest BCUT2D eigenvalue weighted by Gasteiger charge is -2.09. The molecule has 0 saturated carbocycles. The van der Waals surface area contributed by atoms with Crippen LogP contribution < -0.4 is 10.1 Å². The Kier molecular flexibility index (Phi) is 6.30. The number of aromatic nitrogens is 1. The summed E-state index contributed by atoms with van der Waals surface area (Å²) in [7, 11) is 0. The van der Waals surface area contributed by atoms with E-state index in [9.17, 15) is 10.1 Å². The number of halogens is 1. The van der Waals surface area contributed by atoms with Gasteiger partial charge in [0.25, 0.3) is 5.91 Å². The molecule has 3 rings (SSSR count). The number of nitrogens with zero attached hydrogens (tertiary/aromatic N) is 2. The van der Waals surface area contributed by atoms with Crippen LogP contribution in [0.1, 0.15) is 12.6 Å². The smallest absolute Gasteiger partial charge is 0.266 e. The van der Waals surface area contributed by atoms with Gasteiger partial charge in [0, 0.05) is 33.8 Å². The summed E-state index contributed by atoms with van der Waals surface area (Å²) in [5.41, 5.74) is 2.23. The van der Waals surface area contributed by atoms with E-state index in [4.69, 9.17) is 4.74 Å². The third kappa shape index (κ3) is 4.70. The molecule has 1 amide bonds. The lowest BCUT2D eigenvalue weighted by molar-refractivity contribution is -0.112. The topological polar surface area (TPSA) is 67.0 Å². The Balaban J connectivity index is 1.85. The normalized spacial score (nSPS) is 11.0. The van der Waals surface area contributed by atoms with Crippen molar-refractivity contribution in [3.63, 3.8) is 0 Å². The molecule has 0 atom stereocenters. The van der Waals surface area contributed by atoms with Crippen molar-refractivity contribution in [2.24, 2.45) is 0 Å². The summed E-state index contributed by atoms with van der Waals surface area (Å²) < 4.78 is 8.29. The summed E-state index contributed by atoms with van der Waals surface area (Å²) in [6.45, 7) is 2.43. The zero-order valence-corrected chi connectivity index (χ0v) is 16.8. The highest BCUT2D eigenvalue weighted by Crippen LogP contribution is 2.21. The van der Waals surface area contributed by atoms with Crippen LogP contribution in [0.15, 0.2) is 76.9 Å². The molecule has 2 aromatic carbocycles. The number of amides is 1. The van der Waals surface area contributed by atoms with Gasteiger partial charge in [-0.1, -0.05) is 28.1 Å². The van der Waals surface area contributed by atoms with E-state index in [1.807, 2.05) is 66.2 Å². The van der Waals surface area contributed by atoms with Gasteiger partial charge >= 0.3 is 0 Å². The van der Waals surface area contributed by atoms with Crippen LogP contribution in [0, 0.1) is 11.3 Å². The standard InChI is InChI=1S/C22H18BrN3O2/c1-2-28-21-10-4-7-18(14-21)25-22(27)16(15-24)12-19-9-5-11-26(19)20-8-3-6-17(23)13-20/h3-14H,2H2,1H3,(H,25,27)/b16-12-. The number of anilines is 1. The second kappa shape index (κ2) is 9.07. The number of carbonyl (C=O) groups excluding carboxylic acids is 1. The van der Waals surface area contributed by atoms with Crippen molar-refractivity contribution in [2.45, 2.75) is 6.92 Å². The molecule has 0 aliphatic carbocycles. The summed E-state index contributed by atoms with van der Waals surface area (Å²) in [5, 5.41) is 12.2. The first kappa shape index (κ1) is 19.5. The molecule has 6 heteroatoms. The molecule has 0 aliphatic heterocycles. The molecule has 1 N–H and O–H groups in total. The van der Waals surface area contributed by atoms with Crippen molar-refractivity contribution in [3.05, 3.63) is 82.6 Å². The number of rotatable bonds is 6. The van der Waals surface area contributed by atoms with Crippen molar-refractivity contribution in [1.29, 1.82) is 5.26 Å². The van der Waals surface area contributed by atoms with Crippen LogP contribution in [0.4, 0.5) is 5.69 Å². The predicted molar refractivity (Wildman–Crippen MR) is 113 cm³/mol. The maximum Gasteiger partial charge on any atom is 0.266 e. The fourth-order valence-corrected chi connectivity index (χ4v) is 3.09. The number of hydrogen-bond donors (Lipinski definition) is 1. The monoisotopic (exact) mass is 435 g/mol. The Morgan fingerprint density at radius 3 is 2.79 bits per heavy atom. The van der Waals surface area contributed by atoms with Crippen LogP contribution in [0.25, 0.3) is 11.8 Å². The van der Waals surface area contributed by atoms with Gasteiger partial charge in [-0.2, -0.15) is 5.26 Å². The fraction of sp³-hybridized carbons (Fsp3) is 0.0909. The molecule has 0 saturated heterocycles. The molecule has 28 heavy (non-hydrogen) atoms. The van der Waals surface area contributed by atoms with Crippen LogP contribution in [0.3, 0.4) is 0 Å². The Hall–Kier alpha value is -3.30. The lowest BCUT2D eigenvalue weighted by Crippen LogP contribution is -2.13. The molecule has 0 fully saturated rings. The van der Waals surface area contributed by atoms with Crippen LogP contribution in [0.2, 0.25) is 0 Å². The third-order valence-corrected chi connectivity index (χ3v) is 4.42. The molecule has 3 aromatic rings. The first-order chi connectivity index (χ1) is 13.6. The Labute approximate surface area is 172 Å². The van der Waals surface area contributed by atoms with E-state index in [-0.39, 0.29) is 5.57 Å². The molecule has 0 radical (unpaired) electrons. The lowest BCUT2D eigenvalue weighted by atomic mass is 10.2. The van der Waals surface area contributed by atoms with Gasteiger partial charge in [0.2, 0.25) is 0 Å². The molecule has 0 spiro atoms. The number of nitriles is 1. The van der Waals surface area contributed by atoms with E-state index in [2.05, 4.69) is 21.2 Å². The highest BCUT2D eigenvalue weighted by atomic mass is 79.9. The van der Waals surface area contributed by atoms with Crippen molar-refractivity contribution in [3.8, 4) is 17.5 Å². The molecule has 1 aromatic heterocycles. The van der Waals surface area contributed by atoms with E-state index in [0.717, 1.165) is 15.9 Å². The quantitative estimate of drug-likeness (QED) is 0.428. The van der Waals surface area contributed by atoms with Crippen LogP contribution in [-0.2, 0) is 4.79 Å². The van der Waals surface area contributed by atoms with Crippen molar-refractivity contribution in [2.75, 3.05) is 11.9 Å². The molecular formula is C22H18BrN3O2. The van der Waals surface area contributed by atoms with Gasteiger partial charge < -0.3 is 14.6 Å². The first-order valence-electron chi connectivity index (χ1n) is 8.70. The van der Waals surface area contributed by atoms with Crippen LogP contribution >= 0.6 is 15.9 Å². The molecule has 140 valence electrons. The van der Waals surface area contributed by atoms with Gasteiger partial charge in [-0.25, -0.2) is 0 Å². The maximum atomic E-state index is 12.6. The fourth-order valence-electron chi connectivity index (χ4n) is 2.70.